The van der Waals surface area contributed by atoms with Crippen LogP contribution in [0.3, 0.4) is 0 Å². The molecule has 1 aliphatic heterocycles. The average molecular weight is 456 g/mol. The van der Waals surface area contributed by atoms with Gasteiger partial charge >= 0.3 is 6.18 Å². The molecule has 33 heavy (non-hydrogen) atoms. The molecule has 0 radical (unpaired) electrons. The molecule has 1 aromatic heterocycles. The second kappa shape index (κ2) is 8.80. The van der Waals surface area contributed by atoms with E-state index in [0.717, 1.165) is 24.5 Å². The molecule has 1 fully saturated rings. The quantitative estimate of drug-likeness (QED) is 0.520. The summed E-state index contributed by atoms with van der Waals surface area (Å²) in [7, 11) is 1.88. The maximum Gasteiger partial charge on any atom is 0.416 e. The summed E-state index contributed by atoms with van der Waals surface area (Å²) in [6, 6.07) is 9.54. The van der Waals surface area contributed by atoms with E-state index in [2.05, 4.69) is 17.1 Å². The van der Waals surface area contributed by atoms with Gasteiger partial charge in [0.2, 0.25) is 0 Å². The summed E-state index contributed by atoms with van der Waals surface area (Å²) in [5.74, 6) is 0.609. The Morgan fingerprint density at radius 1 is 1.09 bits per heavy atom. The first-order valence-corrected chi connectivity index (χ1v) is 10.6. The SMILES string of the molecule is CC1CC(c2cccc(N3Cc4c(cc(C=O)cc4C(F)(F)F)C3=O)c2)C1.Cn1cnnc1. The standard InChI is InChI=1S/C21H18F3NO2.C3H5N3/c1-12-5-15(6-12)14-3-2-4-16(9-14)25-10-18-17(20(25)27)7-13(11-26)8-19(18)21(22,23)24;1-6-2-4-5-3-6/h2-4,7-9,11-12,15H,5-6,10H2,1H3;2-3H,1H3. The minimum absolute atomic E-state index is 0.0467. The molecule has 0 saturated heterocycles. The van der Waals surface area contributed by atoms with E-state index < -0.39 is 17.6 Å². The van der Waals surface area contributed by atoms with Gasteiger partial charge in [0.15, 0.2) is 0 Å². The highest BCUT2D eigenvalue weighted by molar-refractivity contribution is 6.11. The monoisotopic (exact) mass is 456 g/mol. The Morgan fingerprint density at radius 3 is 2.33 bits per heavy atom. The molecule has 0 bridgehead atoms. The van der Waals surface area contributed by atoms with E-state index in [-0.39, 0.29) is 23.2 Å². The maximum absolute atomic E-state index is 13.4. The van der Waals surface area contributed by atoms with Gasteiger partial charge in [-0.25, -0.2) is 0 Å². The van der Waals surface area contributed by atoms with Gasteiger partial charge in [-0.1, -0.05) is 19.1 Å². The van der Waals surface area contributed by atoms with Crippen molar-refractivity contribution in [2.75, 3.05) is 4.90 Å². The van der Waals surface area contributed by atoms with Crippen molar-refractivity contribution in [3.63, 3.8) is 0 Å². The van der Waals surface area contributed by atoms with Gasteiger partial charge in [-0.2, -0.15) is 13.2 Å². The van der Waals surface area contributed by atoms with Crippen LogP contribution in [0, 0.1) is 5.92 Å². The third kappa shape index (κ3) is 4.67. The second-order valence-electron chi connectivity index (χ2n) is 8.60. The molecule has 1 amide bonds. The van der Waals surface area contributed by atoms with Gasteiger partial charge in [-0.15, -0.1) is 10.2 Å². The number of nitrogens with zero attached hydrogens (tertiary/aromatic N) is 4. The normalized spacial score (nSPS) is 19.4. The molecule has 172 valence electrons. The Hall–Kier alpha value is -3.49. The zero-order valence-corrected chi connectivity index (χ0v) is 18.2. The van der Waals surface area contributed by atoms with E-state index in [0.29, 0.717) is 23.8 Å². The molecular weight excluding hydrogens is 433 g/mol. The fourth-order valence-corrected chi connectivity index (χ4v) is 4.33. The van der Waals surface area contributed by atoms with Crippen LogP contribution >= 0.6 is 0 Å². The van der Waals surface area contributed by atoms with Crippen LogP contribution in [-0.4, -0.2) is 27.0 Å². The van der Waals surface area contributed by atoms with E-state index >= 15 is 0 Å². The predicted octanol–water partition coefficient (Wildman–Crippen LogP) is 5.01. The Kier molecular flexibility index (Phi) is 6.05. The predicted molar refractivity (Wildman–Crippen MR) is 116 cm³/mol. The lowest BCUT2D eigenvalue weighted by molar-refractivity contribution is -0.138. The molecule has 2 aromatic carbocycles. The van der Waals surface area contributed by atoms with Crippen molar-refractivity contribution in [1.82, 2.24) is 14.8 Å². The molecule has 1 aliphatic carbocycles. The highest BCUT2D eigenvalue weighted by Gasteiger charge is 2.40. The van der Waals surface area contributed by atoms with Gasteiger partial charge in [-0.05, 0) is 60.1 Å². The molecule has 0 atom stereocenters. The average Bonchev–Trinajstić information content (AvgIpc) is 3.37. The zero-order valence-electron chi connectivity index (χ0n) is 18.2. The van der Waals surface area contributed by atoms with E-state index in [4.69, 9.17) is 0 Å². The number of alkyl halides is 3. The van der Waals surface area contributed by atoms with E-state index in [1.165, 1.54) is 11.0 Å². The number of carbonyl (C=O) groups excluding carboxylic acids is 2. The molecule has 1 saturated carbocycles. The molecule has 9 heteroatoms. The lowest BCUT2D eigenvalue weighted by atomic mass is 9.72. The van der Waals surface area contributed by atoms with Crippen LogP contribution in [0.2, 0.25) is 0 Å². The molecular formula is C24H23F3N4O2. The highest BCUT2D eigenvalue weighted by atomic mass is 19.4. The number of aldehydes is 1. The number of halogens is 3. The van der Waals surface area contributed by atoms with Crippen LogP contribution in [-0.2, 0) is 19.8 Å². The smallest absolute Gasteiger partial charge is 0.323 e. The molecule has 3 aromatic rings. The zero-order chi connectivity index (χ0) is 23.8. The number of aromatic nitrogens is 3. The summed E-state index contributed by atoms with van der Waals surface area (Å²) in [6.45, 7) is 2.04. The number of hydrogen-bond donors (Lipinski definition) is 0. The number of benzene rings is 2. The molecule has 2 heterocycles. The number of anilines is 1. The summed E-state index contributed by atoms with van der Waals surface area (Å²) < 4.78 is 42.1. The van der Waals surface area contributed by atoms with Crippen molar-refractivity contribution < 1.29 is 22.8 Å². The fraction of sp³-hybridized carbons (Fsp3) is 0.333. The molecule has 0 spiro atoms. The number of rotatable bonds is 3. The lowest BCUT2D eigenvalue weighted by Gasteiger charge is -2.33. The topological polar surface area (TPSA) is 68.1 Å². The second-order valence-corrected chi connectivity index (χ2v) is 8.60. The Morgan fingerprint density at radius 2 is 1.79 bits per heavy atom. The van der Waals surface area contributed by atoms with Crippen LogP contribution in [0.1, 0.15) is 63.1 Å². The maximum atomic E-state index is 13.4. The first kappa shape index (κ1) is 22.7. The third-order valence-electron chi connectivity index (χ3n) is 6.07. The number of carbonyl (C=O) groups is 2. The molecule has 0 N–H and O–H groups in total. The number of aryl methyl sites for hydroxylation is 1. The summed E-state index contributed by atoms with van der Waals surface area (Å²) in [5, 5.41) is 7.07. The van der Waals surface area contributed by atoms with Crippen molar-refractivity contribution in [2.45, 2.75) is 38.4 Å². The van der Waals surface area contributed by atoms with E-state index in [1.54, 1.807) is 23.3 Å². The van der Waals surface area contributed by atoms with Gasteiger partial charge < -0.3 is 9.47 Å². The number of fused-ring (bicyclic) bond motifs is 1. The highest BCUT2D eigenvalue weighted by Crippen LogP contribution is 2.43. The Labute approximate surface area is 189 Å². The summed E-state index contributed by atoms with van der Waals surface area (Å²) >= 11 is 0. The van der Waals surface area contributed by atoms with Gasteiger partial charge in [0.1, 0.15) is 18.9 Å². The summed E-state index contributed by atoms with van der Waals surface area (Å²) in [5.41, 5.74) is 0.527. The largest absolute Gasteiger partial charge is 0.416 e. The lowest BCUT2D eigenvalue weighted by Crippen LogP contribution is -2.24. The van der Waals surface area contributed by atoms with Crippen molar-refractivity contribution in [1.29, 1.82) is 0 Å². The van der Waals surface area contributed by atoms with Crippen LogP contribution in [0.5, 0.6) is 0 Å². The van der Waals surface area contributed by atoms with Crippen LogP contribution < -0.4 is 4.90 Å². The number of amides is 1. The summed E-state index contributed by atoms with van der Waals surface area (Å²) in [6.07, 6.45) is 1.16. The van der Waals surface area contributed by atoms with Crippen molar-refractivity contribution in [3.05, 3.63) is 76.9 Å². The Balaban J connectivity index is 0.000000376. The van der Waals surface area contributed by atoms with Gasteiger partial charge in [0, 0.05) is 23.9 Å². The van der Waals surface area contributed by atoms with Crippen molar-refractivity contribution in [3.8, 4) is 0 Å². The van der Waals surface area contributed by atoms with E-state index in [1.807, 2.05) is 25.2 Å². The van der Waals surface area contributed by atoms with E-state index in [9.17, 15) is 22.8 Å². The Bertz CT molecular complexity index is 1170. The van der Waals surface area contributed by atoms with Gasteiger partial charge in [0.05, 0.1) is 12.1 Å². The van der Waals surface area contributed by atoms with Gasteiger partial charge in [0.25, 0.3) is 5.91 Å². The molecule has 2 aliphatic rings. The minimum Gasteiger partial charge on any atom is -0.323 e. The summed E-state index contributed by atoms with van der Waals surface area (Å²) in [4.78, 5) is 25.2. The van der Waals surface area contributed by atoms with Crippen LogP contribution in [0.15, 0.2) is 49.1 Å². The number of hydrogen-bond acceptors (Lipinski definition) is 4. The third-order valence-corrected chi connectivity index (χ3v) is 6.07. The fourth-order valence-electron chi connectivity index (χ4n) is 4.33. The minimum atomic E-state index is -4.62. The van der Waals surface area contributed by atoms with Gasteiger partial charge in [-0.3, -0.25) is 9.59 Å². The van der Waals surface area contributed by atoms with Crippen LogP contribution in [0.4, 0.5) is 18.9 Å². The van der Waals surface area contributed by atoms with Crippen molar-refractivity contribution in [2.24, 2.45) is 13.0 Å². The molecule has 6 nitrogen and oxygen atoms in total. The molecule has 0 unspecified atom stereocenters. The first-order chi connectivity index (χ1) is 15.7. The van der Waals surface area contributed by atoms with Crippen molar-refractivity contribution >= 4 is 17.9 Å². The van der Waals surface area contributed by atoms with Crippen LogP contribution in [0.25, 0.3) is 0 Å². The molecule has 5 rings (SSSR count). The first-order valence-electron chi connectivity index (χ1n) is 10.6.